The van der Waals surface area contributed by atoms with Crippen molar-refractivity contribution in [2.45, 2.75) is 58.3 Å². The fourth-order valence-corrected chi connectivity index (χ4v) is 7.20. The molecule has 0 aliphatic carbocycles. The molecule has 6 aromatic rings. The van der Waals surface area contributed by atoms with Gasteiger partial charge in [0, 0.05) is 33.4 Å². The van der Waals surface area contributed by atoms with E-state index in [1.165, 1.54) is 32.1 Å². The Morgan fingerprint density at radius 3 is 1.26 bits per heavy atom. The number of fused-ring (bicyclic) bond motifs is 8. The van der Waals surface area contributed by atoms with Gasteiger partial charge in [-0.3, -0.25) is 0 Å². The molecule has 8 heteroatoms. The van der Waals surface area contributed by atoms with Crippen molar-refractivity contribution >= 4 is 46.4 Å². The molecule has 0 spiro atoms. The Morgan fingerprint density at radius 1 is 0.443 bits per heavy atom. The van der Waals surface area contributed by atoms with Gasteiger partial charge in [0.2, 0.25) is 0 Å². The molecule has 2 aliphatic rings. The van der Waals surface area contributed by atoms with Gasteiger partial charge in [-0.05, 0) is 97.3 Å². The summed E-state index contributed by atoms with van der Waals surface area (Å²) in [5.41, 5.74) is 10.2. The normalized spacial score (nSPS) is 11.1. The Morgan fingerprint density at radius 2 is 0.820 bits per heavy atom. The van der Waals surface area contributed by atoms with Crippen LogP contribution < -0.4 is 9.97 Å². The molecule has 3 aromatic carbocycles. The largest absolute Gasteiger partial charge is 2.00 e. The maximum absolute atomic E-state index is 10.2. The van der Waals surface area contributed by atoms with E-state index in [-0.39, 0.29) is 36.7 Å². The third kappa shape index (κ3) is 10.4. The number of aryl methyl sites for hydroxylation is 1. The number of aromatic hydroxyl groups is 3. The van der Waals surface area contributed by atoms with Crippen LogP contribution in [0.2, 0.25) is 0 Å². The molecular formula is C53H42N4O3Zn. The summed E-state index contributed by atoms with van der Waals surface area (Å²) in [5, 5.41) is 30.5. The summed E-state index contributed by atoms with van der Waals surface area (Å²) in [5.74, 6) is 20.1. The number of unbranched alkanes of at least 4 members (excludes halogenated alkanes) is 6. The van der Waals surface area contributed by atoms with Crippen molar-refractivity contribution in [3.8, 4) is 52.8 Å². The molecule has 5 heterocycles. The Balaban J connectivity index is 0.00000561. The number of phenols is 3. The quantitative estimate of drug-likeness (QED) is 0.0792. The van der Waals surface area contributed by atoms with Gasteiger partial charge in [-0.1, -0.05) is 123 Å². The average molecular weight is 848 g/mol. The number of benzene rings is 3. The molecule has 7 nitrogen and oxygen atoms in total. The van der Waals surface area contributed by atoms with Gasteiger partial charge in [-0.15, -0.1) is 22.1 Å². The first-order valence-electron chi connectivity index (χ1n) is 20.4. The Bertz CT molecular complexity index is 2970. The second-order valence-electron chi connectivity index (χ2n) is 14.7. The molecule has 3 aromatic heterocycles. The van der Waals surface area contributed by atoms with Gasteiger partial charge in [0.15, 0.2) is 0 Å². The summed E-state index contributed by atoms with van der Waals surface area (Å²) in [6.45, 7) is 2.24. The standard InChI is InChI=1S/C53H42N4O3.Zn/c1-2-3-4-5-6-7-8-18-42-46-25-27-48(54-46)43(22-19-36-12-9-15-39(58)33-36)50-29-31-52(56-50)45(24-21-38-14-11-17-41(60)35-38)53-32-30-51(57-53)44(49-28-26-47(42)55-49)23-20-37-13-10-16-40(59)34-37;/h9-17,25-35H,2-8,18H2,1H3,(H3-2,54,55,56,57,58,59,60);/q-2;+2. The number of rotatable bonds is 8. The van der Waals surface area contributed by atoms with Gasteiger partial charge in [0.25, 0.3) is 0 Å². The molecule has 8 bridgehead atoms. The van der Waals surface area contributed by atoms with Gasteiger partial charge in [0.1, 0.15) is 17.2 Å². The predicted octanol–water partition coefficient (Wildman–Crippen LogP) is 10.5. The number of phenolic OH excluding ortho intramolecular Hbond substituents is 3. The van der Waals surface area contributed by atoms with Crippen molar-refractivity contribution in [1.82, 2.24) is 19.9 Å². The molecule has 2 aliphatic heterocycles. The first-order valence-corrected chi connectivity index (χ1v) is 20.4. The van der Waals surface area contributed by atoms with Crippen LogP contribution >= 0.6 is 0 Å². The van der Waals surface area contributed by atoms with Crippen LogP contribution in [0.3, 0.4) is 0 Å². The van der Waals surface area contributed by atoms with E-state index in [0.717, 1.165) is 36.0 Å². The zero-order valence-electron chi connectivity index (χ0n) is 34.0. The van der Waals surface area contributed by atoms with E-state index < -0.39 is 0 Å². The molecule has 0 amide bonds. The number of hydrogen-bond donors (Lipinski definition) is 3. The molecule has 3 N–H and O–H groups in total. The third-order valence-electron chi connectivity index (χ3n) is 10.3. The topological polar surface area (TPSA) is 115 Å². The zero-order valence-corrected chi connectivity index (χ0v) is 37.0. The molecule has 61 heavy (non-hydrogen) atoms. The van der Waals surface area contributed by atoms with Crippen molar-refractivity contribution in [2.75, 3.05) is 0 Å². The van der Waals surface area contributed by atoms with Crippen molar-refractivity contribution in [1.29, 1.82) is 0 Å². The van der Waals surface area contributed by atoms with Crippen LogP contribution in [0.25, 0.3) is 46.4 Å². The predicted molar refractivity (Wildman–Crippen MR) is 241 cm³/mol. The maximum Gasteiger partial charge on any atom is 2.00 e. The molecule has 8 rings (SSSR count). The van der Waals surface area contributed by atoms with Gasteiger partial charge >= 0.3 is 19.5 Å². The zero-order chi connectivity index (χ0) is 41.3. The van der Waals surface area contributed by atoms with E-state index in [4.69, 9.17) is 19.9 Å². The van der Waals surface area contributed by atoms with Crippen molar-refractivity contribution < 1.29 is 34.8 Å². The monoisotopic (exact) mass is 846 g/mol. The number of aromatic nitrogens is 4. The average Bonchev–Trinajstić information content (AvgIpc) is 4.09. The third-order valence-corrected chi connectivity index (χ3v) is 10.3. The number of hydrogen-bond acceptors (Lipinski definition) is 5. The van der Waals surface area contributed by atoms with E-state index in [0.29, 0.717) is 67.0 Å². The van der Waals surface area contributed by atoms with Crippen LogP contribution in [0, 0.1) is 35.5 Å². The smallest absolute Gasteiger partial charge is 0.656 e. The van der Waals surface area contributed by atoms with E-state index >= 15 is 0 Å². The molecule has 0 saturated heterocycles. The van der Waals surface area contributed by atoms with Crippen LogP contribution in [0.15, 0.2) is 97.1 Å². The summed E-state index contributed by atoms with van der Waals surface area (Å²) in [6.07, 6.45) is 16.9. The second-order valence-corrected chi connectivity index (χ2v) is 14.7. The Kier molecular flexibility index (Phi) is 13.7. The van der Waals surface area contributed by atoms with E-state index in [1.807, 2.05) is 66.8 Å². The Hall–Kier alpha value is -7.04. The first-order chi connectivity index (χ1) is 29.4. The van der Waals surface area contributed by atoms with Crippen LogP contribution in [0.5, 0.6) is 17.2 Å². The summed E-state index contributed by atoms with van der Waals surface area (Å²) < 4.78 is 0. The van der Waals surface area contributed by atoms with Gasteiger partial charge in [-0.2, -0.15) is 0 Å². The van der Waals surface area contributed by atoms with Crippen LogP contribution in [-0.2, 0) is 25.9 Å². The van der Waals surface area contributed by atoms with Crippen molar-refractivity contribution in [3.63, 3.8) is 0 Å². The fraction of sp³-hybridized carbons (Fsp3) is 0.170. The van der Waals surface area contributed by atoms with E-state index in [1.54, 1.807) is 54.6 Å². The van der Waals surface area contributed by atoms with Gasteiger partial charge < -0.3 is 25.3 Å². The van der Waals surface area contributed by atoms with Crippen molar-refractivity contribution in [2.24, 2.45) is 0 Å². The maximum atomic E-state index is 10.2. The fourth-order valence-electron chi connectivity index (χ4n) is 7.20. The SMILES string of the molecule is CCCCCCCCCc1c2nc(c(C#Cc3cccc(O)c3)c3ccc([n-]3)c(C#Cc3cccc(O)c3)c3nc(c(C#Cc4cccc(O)c4)c4ccc1[n-]4)C=C3)C=C2.[Zn+2]. The van der Waals surface area contributed by atoms with Gasteiger partial charge in [0.05, 0.1) is 22.8 Å². The summed E-state index contributed by atoms with van der Waals surface area (Å²) in [7, 11) is 0. The molecule has 0 fully saturated rings. The molecule has 0 unspecified atom stereocenters. The molecule has 294 valence electrons. The minimum absolute atomic E-state index is 0. The Labute approximate surface area is 369 Å². The first kappa shape index (κ1) is 42.1. The van der Waals surface area contributed by atoms with Crippen LogP contribution in [-0.4, -0.2) is 25.3 Å². The van der Waals surface area contributed by atoms with Crippen LogP contribution in [0.4, 0.5) is 0 Å². The van der Waals surface area contributed by atoms with Crippen LogP contribution in [0.1, 0.15) is 114 Å². The molecule has 0 saturated carbocycles. The second kappa shape index (κ2) is 19.8. The molecule has 0 radical (unpaired) electrons. The minimum Gasteiger partial charge on any atom is -0.656 e. The molecular weight excluding hydrogens is 806 g/mol. The number of nitrogens with zero attached hydrogens (tertiary/aromatic N) is 4. The summed E-state index contributed by atoms with van der Waals surface area (Å²) in [6, 6.07) is 28.4. The van der Waals surface area contributed by atoms with Gasteiger partial charge in [-0.25, -0.2) is 9.97 Å². The molecule has 0 atom stereocenters. The minimum atomic E-state index is 0. The van der Waals surface area contributed by atoms with E-state index in [2.05, 4.69) is 42.4 Å². The summed E-state index contributed by atoms with van der Waals surface area (Å²) >= 11 is 0. The van der Waals surface area contributed by atoms with Crippen molar-refractivity contribution in [3.05, 3.63) is 159 Å². The van der Waals surface area contributed by atoms with E-state index in [9.17, 15) is 15.3 Å². The summed E-state index contributed by atoms with van der Waals surface area (Å²) in [4.78, 5) is 20.7.